The Labute approximate surface area is 112 Å². The Hall–Kier alpha value is -0.910. The molecule has 0 N–H and O–H groups in total. The molecule has 2 rings (SSSR count). The molecule has 0 amide bonds. The summed E-state index contributed by atoms with van der Waals surface area (Å²) in [6, 6.07) is 2.05. The molecule has 0 unspecified atom stereocenters. The zero-order chi connectivity index (χ0) is 13.0. The first-order chi connectivity index (χ1) is 8.70. The molecule has 1 atom stereocenters. The van der Waals surface area contributed by atoms with Crippen LogP contribution < -0.4 is 0 Å². The van der Waals surface area contributed by atoms with Crippen molar-refractivity contribution < 1.29 is 9.53 Å². The number of carbonyl (C=O) groups is 1. The minimum atomic E-state index is -0.138. The first kappa shape index (κ1) is 13.5. The van der Waals surface area contributed by atoms with Crippen molar-refractivity contribution in [2.45, 2.75) is 19.5 Å². The summed E-state index contributed by atoms with van der Waals surface area (Å²) in [7, 11) is 1.45. The van der Waals surface area contributed by atoms with Gasteiger partial charge in [-0.05, 0) is 29.3 Å². The highest BCUT2D eigenvalue weighted by Crippen LogP contribution is 2.13. The number of esters is 1. The number of hydrogen-bond acceptors (Lipinski definition) is 5. The molecule has 4 nitrogen and oxygen atoms in total. The van der Waals surface area contributed by atoms with Crippen LogP contribution in [0.2, 0.25) is 0 Å². The summed E-state index contributed by atoms with van der Waals surface area (Å²) in [4.78, 5) is 16.1. The van der Waals surface area contributed by atoms with E-state index in [0.29, 0.717) is 0 Å². The number of ether oxygens (including phenoxy) is 1. The summed E-state index contributed by atoms with van der Waals surface area (Å²) in [5.74, 6) is -0.138. The van der Waals surface area contributed by atoms with Crippen LogP contribution in [0.1, 0.15) is 12.5 Å². The molecule has 1 saturated heterocycles. The molecule has 2 heterocycles. The summed E-state index contributed by atoms with van der Waals surface area (Å²) >= 11 is 1.74. The molecule has 1 aromatic heterocycles. The summed E-state index contributed by atoms with van der Waals surface area (Å²) in [5, 5.41) is 4.31. The maximum absolute atomic E-state index is 11.5. The Bertz CT molecular complexity index is 372. The second-order valence-electron chi connectivity index (χ2n) is 4.64. The van der Waals surface area contributed by atoms with Gasteiger partial charge in [-0.25, -0.2) is 0 Å². The zero-order valence-corrected chi connectivity index (χ0v) is 11.8. The summed E-state index contributed by atoms with van der Waals surface area (Å²) in [6.45, 7) is 6.82. The third-order valence-electron chi connectivity index (χ3n) is 3.48. The lowest BCUT2D eigenvalue weighted by molar-refractivity contribution is -0.147. The molecule has 5 heteroatoms. The van der Waals surface area contributed by atoms with Crippen molar-refractivity contribution in [1.29, 1.82) is 0 Å². The largest absolute Gasteiger partial charge is 0.468 e. The number of nitrogens with zero attached hydrogens (tertiary/aromatic N) is 2. The molecule has 0 aromatic carbocycles. The third kappa shape index (κ3) is 3.31. The molecule has 1 aliphatic rings. The number of hydrogen-bond donors (Lipinski definition) is 0. The highest BCUT2D eigenvalue weighted by molar-refractivity contribution is 7.07. The van der Waals surface area contributed by atoms with Gasteiger partial charge in [0.05, 0.1) is 7.11 Å². The lowest BCUT2D eigenvalue weighted by Gasteiger charge is -2.36. The maximum atomic E-state index is 11.5. The number of rotatable bonds is 4. The Morgan fingerprint density at radius 3 is 2.72 bits per heavy atom. The first-order valence-corrected chi connectivity index (χ1v) is 7.20. The minimum absolute atomic E-state index is 0.127. The summed E-state index contributed by atoms with van der Waals surface area (Å²) in [6.07, 6.45) is 0. The fourth-order valence-electron chi connectivity index (χ4n) is 2.27. The van der Waals surface area contributed by atoms with Gasteiger partial charge >= 0.3 is 5.97 Å². The van der Waals surface area contributed by atoms with Crippen LogP contribution in [-0.2, 0) is 16.1 Å². The fourth-order valence-corrected chi connectivity index (χ4v) is 2.93. The molecule has 1 fully saturated rings. The Kier molecular flexibility index (Phi) is 4.74. The van der Waals surface area contributed by atoms with Gasteiger partial charge in [-0.3, -0.25) is 14.6 Å². The number of methoxy groups -OCH3 is 1. The van der Waals surface area contributed by atoms with Crippen LogP contribution in [0.5, 0.6) is 0 Å². The van der Waals surface area contributed by atoms with Gasteiger partial charge in [-0.2, -0.15) is 11.3 Å². The highest BCUT2D eigenvalue weighted by Gasteiger charge is 2.25. The van der Waals surface area contributed by atoms with E-state index in [9.17, 15) is 4.79 Å². The van der Waals surface area contributed by atoms with E-state index in [1.54, 1.807) is 11.3 Å². The van der Waals surface area contributed by atoms with Crippen LogP contribution >= 0.6 is 11.3 Å². The van der Waals surface area contributed by atoms with E-state index < -0.39 is 0 Å². The van der Waals surface area contributed by atoms with Gasteiger partial charge in [0.2, 0.25) is 0 Å². The molecule has 0 saturated carbocycles. The summed E-state index contributed by atoms with van der Waals surface area (Å²) < 4.78 is 4.78. The predicted octanol–water partition coefficient (Wildman–Crippen LogP) is 1.43. The van der Waals surface area contributed by atoms with Crippen molar-refractivity contribution in [2.75, 3.05) is 33.3 Å². The van der Waals surface area contributed by atoms with E-state index in [0.717, 1.165) is 32.7 Å². The van der Waals surface area contributed by atoms with E-state index in [-0.39, 0.29) is 12.0 Å². The van der Waals surface area contributed by atoms with Crippen LogP contribution in [0.25, 0.3) is 0 Å². The van der Waals surface area contributed by atoms with Crippen molar-refractivity contribution in [2.24, 2.45) is 0 Å². The molecule has 0 aliphatic carbocycles. The van der Waals surface area contributed by atoms with Gasteiger partial charge in [-0.1, -0.05) is 0 Å². The molecule has 100 valence electrons. The zero-order valence-electron chi connectivity index (χ0n) is 11.0. The quantitative estimate of drug-likeness (QED) is 0.773. The number of piperazine rings is 1. The summed E-state index contributed by atoms with van der Waals surface area (Å²) in [5.41, 5.74) is 1.38. The van der Waals surface area contributed by atoms with Crippen molar-refractivity contribution >= 4 is 17.3 Å². The smallest absolute Gasteiger partial charge is 0.322 e. The molecule has 0 radical (unpaired) electrons. The average Bonchev–Trinajstić information content (AvgIpc) is 2.91. The molecule has 18 heavy (non-hydrogen) atoms. The maximum Gasteiger partial charge on any atom is 0.322 e. The van der Waals surface area contributed by atoms with Crippen LogP contribution in [0.3, 0.4) is 0 Å². The molecular formula is C13H20N2O2S. The second-order valence-corrected chi connectivity index (χ2v) is 5.42. The average molecular weight is 268 g/mol. The van der Waals surface area contributed by atoms with Crippen molar-refractivity contribution in [3.05, 3.63) is 22.4 Å². The van der Waals surface area contributed by atoms with Crippen LogP contribution in [0, 0.1) is 0 Å². The highest BCUT2D eigenvalue weighted by atomic mass is 32.1. The van der Waals surface area contributed by atoms with Crippen molar-refractivity contribution in [3.63, 3.8) is 0 Å². The molecule has 1 aromatic rings. The topological polar surface area (TPSA) is 32.8 Å². The van der Waals surface area contributed by atoms with Crippen LogP contribution in [-0.4, -0.2) is 55.1 Å². The van der Waals surface area contributed by atoms with E-state index >= 15 is 0 Å². The normalized spacial score (nSPS) is 19.7. The Morgan fingerprint density at radius 2 is 2.17 bits per heavy atom. The van der Waals surface area contributed by atoms with E-state index in [4.69, 9.17) is 4.74 Å². The lowest BCUT2D eigenvalue weighted by Crippen LogP contribution is -2.51. The monoisotopic (exact) mass is 268 g/mol. The standard InChI is InChI=1S/C13H20N2O2S/c1-11(13(16)17-2)15-6-4-14(5-7-15)9-12-3-8-18-10-12/h3,8,10-11H,4-7,9H2,1-2H3/t11-/m1/s1. The predicted molar refractivity (Wildman–Crippen MR) is 72.6 cm³/mol. The van der Waals surface area contributed by atoms with E-state index in [1.165, 1.54) is 12.7 Å². The Balaban J connectivity index is 1.79. The molecular weight excluding hydrogens is 248 g/mol. The van der Waals surface area contributed by atoms with Crippen LogP contribution in [0.15, 0.2) is 16.8 Å². The molecule has 0 spiro atoms. The number of carbonyl (C=O) groups excluding carboxylic acids is 1. The number of thiophene rings is 1. The first-order valence-electron chi connectivity index (χ1n) is 6.26. The SMILES string of the molecule is COC(=O)[C@@H](C)N1CCN(Cc2ccsc2)CC1. The van der Waals surface area contributed by atoms with Gasteiger partial charge in [0.1, 0.15) is 6.04 Å². The van der Waals surface area contributed by atoms with Crippen molar-refractivity contribution in [3.8, 4) is 0 Å². The van der Waals surface area contributed by atoms with E-state index in [2.05, 4.69) is 26.6 Å². The van der Waals surface area contributed by atoms with Gasteiger partial charge in [-0.15, -0.1) is 0 Å². The van der Waals surface area contributed by atoms with Crippen LogP contribution in [0.4, 0.5) is 0 Å². The second kappa shape index (κ2) is 6.31. The minimum Gasteiger partial charge on any atom is -0.468 e. The Morgan fingerprint density at radius 1 is 1.44 bits per heavy atom. The van der Waals surface area contributed by atoms with Gasteiger partial charge in [0.25, 0.3) is 0 Å². The van der Waals surface area contributed by atoms with Crippen molar-refractivity contribution in [1.82, 2.24) is 9.80 Å². The van der Waals surface area contributed by atoms with E-state index in [1.807, 2.05) is 6.92 Å². The van der Waals surface area contributed by atoms with Gasteiger partial charge < -0.3 is 4.74 Å². The molecule has 1 aliphatic heterocycles. The van der Waals surface area contributed by atoms with Gasteiger partial charge in [0, 0.05) is 32.7 Å². The fraction of sp³-hybridized carbons (Fsp3) is 0.615. The molecule has 0 bridgehead atoms. The lowest BCUT2D eigenvalue weighted by atomic mass is 10.2. The third-order valence-corrected chi connectivity index (χ3v) is 4.22. The van der Waals surface area contributed by atoms with Gasteiger partial charge in [0.15, 0.2) is 0 Å².